The van der Waals surface area contributed by atoms with Crippen molar-refractivity contribution < 1.29 is 4.74 Å². The largest absolute Gasteiger partial charge is 0.366 e. The van der Waals surface area contributed by atoms with Gasteiger partial charge in [-0.25, -0.2) is 0 Å². The topological polar surface area (TPSA) is 9.23 Å². The maximum Gasteiger partial charge on any atom is 0.0795 e. The molecule has 1 nitrogen and oxygen atoms in total. The van der Waals surface area contributed by atoms with Crippen LogP contribution in [-0.4, -0.2) is 12.2 Å². The molecule has 0 spiro atoms. The third kappa shape index (κ3) is 8.70. The van der Waals surface area contributed by atoms with E-state index in [2.05, 4.69) is 53.0 Å². The van der Waals surface area contributed by atoms with Gasteiger partial charge >= 0.3 is 0 Å². The molecule has 0 N–H and O–H groups in total. The van der Waals surface area contributed by atoms with Gasteiger partial charge in [0.2, 0.25) is 0 Å². The van der Waals surface area contributed by atoms with Crippen LogP contribution in [-0.2, 0) is 4.74 Å². The number of allylic oxidation sites excluding steroid dienone is 2. The molecule has 96 valence electrons. The molecular formula is C16H26O. The molecule has 0 fully saturated rings. The van der Waals surface area contributed by atoms with Gasteiger partial charge in [-0.2, -0.15) is 0 Å². The highest BCUT2D eigenvalue weighted by Gasteiger charge is 2.09. The lowest BCUT2D eigenvalue weighted by atomic mass is 10.1. The molecule has 0 aliphatic carbocycles. The van der Waals surface area contributed by atoms with Crippen LogP contribution in [0.5, 0.6) is 0 Å². The van der Waals surface area contributed by atoms with Crippen LogP contribution in [0.25, 0.3) is 0 Å². The molecule has 0 radical (unpaired) electrons. The smallest absolute Gasteiger partial charge is 0.0795 e. The van der Waals surface area contributed by atoms with Crippen LogP contribution >= 0.6 is 0 Å². The van der Waals surface area contributed by atoms with E-state index in [4.69, 9.17) is 4.74 Å². The highest BCUT2D eigenvalue weighted by molar-refractivity contribution is 5.01. The zero-order valence-corrected chi connectivity index (χ0v) is 11.7. The molecule has 17 heavy (non-hydrogen) atoms. The van der Waals surface area contributed by atoms with Crippen LogP contribution in [0.3, 0.4) is 0 Å². The van der Waals surface area contributed by atoms with Gasteiger partial charge in [0.05, 0.1) is 12.2 Å². The van der Waals surface area contributed by atoms with Crippen molar-refractivity contribution >= 4 is 0 Å². The lowest BCUT2D eigenvalue weighted by Crippen LogP contribution is -2.18. The van der Waals surface area contributed by atoms with Crippen molar-refractivity contribution in [1.82, 2.24) is 0 Å². The number of ether oxygens (including phenoxy) is 1. The van der Waals surface area contributed by atoms with E-state index in [-0.39, 0.29) is 12.2 Å². The summed E-state index contributed by atoms with van der Waals surface area (Å²) in [6.45, 7) is 16.0. The van der Waals surface area contributed by atoms with Crippen LogP contribution in [0.15, 0.2) is 48.6 Å². The molecule has 2 unspecified atom stereocenters. The van der Waals surface area contributed by atoms with Gasteiger partial charge in [-0.1, -0.05) is 35.5 Å². The first kappa shape index (κ1) is 15.9. The van der Waals surface area contributed by atoms with Gasteiger partial charge in [0.15, 0.2) is 0 Å². The fourth-order valence-corrected chi connectivity index (χ4v) is 1.34. The summed E-state index contributed by atoms with van der Waals surface area (Å²) in [5.74, 6) is 0. The van der Waals surface area contributed by atoms with Crippen molar-refractivity contribution in [3.8, 4) is 0 Å². The highest BCUT2D eigenvalue weighted by Crippen LogP contribution is 2.11. The summed E-state index contributed by atoms with van der Waals surface area (Å²) < 4.78 is 5.92. The van der Waals surface area contributed by atoms with Gasteiger partial charge in [-0.3, -0.25) is 0 Å². The number of rotatable bonds is 8. The lowest BCUT2D eigenvalue weighted by Gasteiger charge is -2.18. The van der Waals surface area contributed by atoms with Crippen LogP contribution in [0.1, 0.15) is 40.5 Å². The minimum Gasteiger partial charge on any atom is -0.366 e. The summed E-state index contributed by atoms with van der Waals surface area (Å²) >= 11 is 0. The Hall–Kier alpha value is -1.08. The third-order valence-corrected chi connectivity index (χ3v) is 2.39. The monoisotopic (exact) mass is 234 g/mol. The molecule has 0 aliphatic heterocycles. The molecule has 0 heterocycles. The molecule has 0 amide bonds. The fraction of sp³-hybridized carbons (Fsp3) is 0.500. The molecule has 0 rings (SSSR count). The Morgan fingerprint density at radius 2 is 1.24 bits per heavy atom. The van der Waals surface area contributed by atoms with E-state index in [1.807, 2.05) is 12.2 Å². The molecule has 0 aliphatic rings. The molecule has 1 heteroatoms. The van der Waals surface area contributed by atoms with Crippen molar-refractivity contribution in [1.29, 1.82) is 0 Å². The van der Waals surface area contributed by atoms with E-state index < -0.39 is 0 Å². The first-order chi connectivity index (χ1) is 7.99. The van der Waals surface area contributed by atoms with Gasteiger partial charge < -0.3 is 4.74 Å². The predicted molar refractivity (Wildman–Crippen MR) is 77.2 cm³/mol. The third-order valence-electron chi connectivity index (χ3n) is 2.39. The SMILES string of the molecule is C=CC(CC=C(C)C)OC(C=C)CC=C(C)C. The van der Waals surface area contributed by atoms with Gasteiger partial charge in [-0.15, -0.1) is 13.2 Å². The van der Waals surface area contributed by atoms with E-state index in [0.29, 0.717) is 0 Å². The highest BCUT2D eigenvalue weighted by atomic mass is 16.5. The molecular weight excluding hydrogens is 208 g/mol. The van der Waals surface area contributed by atoms with Crippen LogP contribution in [0, 0.1) is 0 Å². The van der Waals surface area contributed by atoms with E-state index in [0.717, 1.165) is 12.8 Å². The number of hydrogen-bond donors (Lipinski definition) is 0. The number of hydrogen-bond acceptors (Lipinski definition) is 1. The van der Waals surface area contributed by atoms with Crippen molar-refractivity contribution in [2.45, 2.75) is 52.7 Å². The molecule has 0 aromatic rings. The van der Waals surface area contributed by atoms with Crippen LogP contribution in [0.4, 0.5) is 0 Å². The molecule has 0 bridgehead atoms. The molecule has 0 aromatic heterocycles. The van der Waals surface area contributed by atoms with Gasteiger partial charge in [0.25, 0.3) is 0 Å². The average Bonchev–Trinajstić information content (AvgIpc) is 2.27. The summed E-state index contributed by atoms with van der Waals surface area (Å²) in [5.41, 5.74) is 2.61. The first-order valence-electron chi connectivity index (χ1n) is 6.16. The van der Waals surface area contributed by atoms with Crippen molar-refractivity contribution in [2.24, 2.45) is 0 Å². The van der Waals surface area contributed by atoms with Gasteiger partial charge in [0.1, 0.15) is 0 Å². The van der Waals surface area contributed by atoms with Crippen molar-refractivity contribution in [3.63, 3.8) is 0 Å². The summed E-state index contributed by atoms with van der Waals surface area (Å²) in [6.07, 6.45) is 9.96. The second-order valence-electron chi connectivity index (χ2n) is 4.72. The van der Waals surface area contributed by atoms with Crippen LogP contribution < -0.4 is 0 Å². The van der Waals surface area contributed by atoms with E-state index >= 15 is 0 Å². The maximum absolute atomic E-state index is 5.92. The predicted octanol–water partition coefficient (Wildman–Crippen LogP) is 4.82. The zero-order chi connectivity index (χ0) is 13.3. The molecule has 0 saturated carbocycles. The minimum absolute atomic E-state index is 0.0680. The van der Waals surface area contributed by atoms with E-state index in [1.165, 1.54) is 11.1 Å². The molecule has 2 atom stereocenters. The van der Waals surface area contributed by atoms with E-state index in [9.17, 15) is 0 Å². The second-order valence-corrected chi connectivity index (χ2v) is 4.72. The first-order valence-corrected chi connectivity index (χ1v) is 6.16. The van der Waals surface area contributed by atoms with Crippen LogP contribution in [0.2, 0.25) is 0 Å². The molecule has 0 aromatic carbocycles. The fourth-order valence-electron chi connectivity index (χ4n) is 1.34. The Bertz CT molecular complexity index is 259. The lowest BCUT2D eigenvalue weighted by molar-refractivity contribution is 0.0452. The summed E-state index contributed by atoms with van der Waals surface area (Å²) in [5, 5.41) is 0. The normalized spacial score (nSPS) is 13.4. The Balaban J connectivity index is 4.31. The van der Waals surface area contributed by atoms with Gasteiger partial charge in [0, 0.05) is 0 Å². The summed E-state index contributed by atoms with van der Waals surface area (Å²) in [7, 11) is 0. The minimum atomic E-state index is 0.0680. The van der Waals surface area contributed by atoms with E-state index in [1.54, 1.807) is 0 Å². The second kappa shape index (κ2) is 9.00. The molecule has 0 saturated heterocycles. The van der Waals surface area contributed by atoms with Crippen molar-refractivity contribution in [2.75, 3.05) is 0 Å². The van der Waals surface area contributed by atoms with Gasteiger partial charge in [-0.05, 0) is 40.5 Å². The van der Waals surface area contributed by atoms with Crippen molar-refractivity contribution in [3.05, 3.63) is 48.6 Å². The standard InChI is InChI=1S/C16H26O/c1-7-15(11-9-13(3)4)17-16(8-2)12-10-14(5)6/h7-10,15-16H,1-2,11-12H2,3-6H3. The maximum atomic E-state index is 5.92. The Kier molecular flexibility index (Phi) is 8.43. The quantitative estimate of drug-likeness (QED) is 0.547. The average molecular weight is 234 g/mol. The summed E-state index contributed by atoms with van der Waals surface area (Å²) in [6, 6.07) is 0. The Morgan fingerprint density at radius 1 is 0.882 bits per heavy atom. The Labute approximate surface area is 107 Å². The Morgan fingerprint density at radius 3 is 1.47 bits per heavy atom. The zero-order valence-electron chi connectivity index (χ0n) is 11.7. The summed E-state index contributed by atoms with van der Waals surface area (Å²) in [4.78, 5) is 0.